The number of esters is 3. The van der Waals surface area contributed by atoms with E-state index in [2.05, 4.69) is 99.8 Å². The molecule has 65 heavy (non-hydrogen) atoms. The first kappa shape index (κ1) is 61.6. The SMILES string of the molecule is CCCCCCC/C=C/C=C/C=C/CCCCCCCC(=O)OCC(COC(=O)CC/C=C/C/C=C/CCCCCCCC)OC(=O)CCCCC/C=C/C=C/CCCCCCCCC. The van der Waals surface area contributed by atoms with E-state index in [4.69, 9.17) is 14.2 Å². The first-order valence-electron chi connectivity index (χ1n) is 27.1. The van der Waals surface area contributed by atoms with Crippen LogP contribution in [0.5, 0.6) is 0 Å². The van der Waals surface area contributed by atoms with Crippen molar-refractivity contribution in [2.24, 2.45) is 0 Å². The predicted molar refractivity (Wildman–Crippen MR) is 279 cm³/mol. The quantitative estimate of drug-likeness (QED) is 0.0199. The lowest BCUT2D eigenvalue weighted by Gasteiger charge is -2.18. The Kier molecular flexibility index (Phi) is 50.4. The Balaban J connectivity index is 4.52. The number of ether oxygens (including phenoxy) is 3. The van der Waals surface area contributed by atoms with Gasteiger partial charge in [-0.25, -0.2) is 0 Å². The molecular formula is C59H100O6. The molecule has 1 atom stereocenters. The molecule has 0 aromatic heterocycles. The summed E-state index contributed by atoms with van der Waals surface area (Å²) in [6.07, 6.45) is 68.6. The molecule has 0 aliphatic carbocycles. The second kappa shape index (κ2) is 53.2. The fraction of sp³-hybridized carbons (Fsp3) is 0.712. The zero-order valence-corrected chi connectivity index (χ0v) is 42.5. The van der Waals surface area contributed by atoms with Crippen molar-refractivity contribution in [1.29, 1.82) is 0 Å². The van der Waals surface area contributed by atoms with E-state index in [1.165, 1.54) is 116 Å². The summed E-state index contributed by atoms with van der Waals surface area (Å²) < 4.78 is 16.7. The number of unbranched alkanes of at least 4 members (excludes halogenated alkanes) is 26. The summed E-state index contributed by atoms with van der Waals surface area (Å²) in [6, 6.07) is 0. The highest BCUT2D eigenvalue weighted by molar-refractivity contribution is 5.71. The molecule has 0 rings (SSSR count). The maximum Gasteiger partial charge on any atom is 0.306 e. The van der Waals surface area contributed by atoms with Crippen LogP contribution in [-0.4, -0.2) is 37.2 Å². The summed E-state index contributed by atoms with van der Waals surface area (Å²) >= 11 is 0. The normalized spacial score (nSPS) is 12.7. The Bertz CT molecular complexity index is 1270. The fourth-order valence-electron chi connectivity index (χ4n) is 7.31. The molecule has 372 valence electrons. The predicted octanol–water partition coefficient (Wildman–Crippen LogP) is 18.0. The van der Waals surface area contributed by atoms with E-state index in [0.29, 0.717) is 12.8 Å². The maximum atomic E-state index is 12.8. The molecule has 6 nitrogen and oxygen atoms in total. The van der Waals surface area contributed by atoms with E-state index in [1.54, 1.807) is 0 Å². The van der Waals surface area contributed by atoms with E-state index in [0.717, 1.165) is 89.9 Å². The molecule has 0 aromatic carbocycles. The number of carbonyl (C=O) groups is 3. The van der Waals surface area contributed by atoms with Crippen molar-refractivity contribution in [3.63, 3.8) is 0 Å². The summed E-state index contributed by atoms with van der Waals surface area (Å²) in [5.74, 6) is -1.03. The summed E-state index contributed by atoms with van der Waals surface area (Å²) in [5.41, 5.74) is 0. The average Bonchev–Trinajstić information content (AvgIpc) is 3.30. The highest BCUT2D eigenvalue weighted by Crippen LogP contribution is 2.13. The summed E-state index contributed by atoms with van der Waals surface area (Å²) in [7, 11) is 0. The Morgan fingerprint density at radius 3 is 1.09 bits per heavy atom. The van der Waals surface area contributed by atoms with E-state index in [-0.39, 0.29) is 44.0 Å². The zero-order chi connectivity index (χ0) is 47.2. The van der Waals surface area contributed by atoms with Gasteiger partial charge in [0, 0.05) is 19.3 Å². The van der Waals surface area contributed by atoms with Crippen molar-refractivity contribution in [2.45, 2.75) is 258 Å². The first-order chi connectivity index (χ1) is 32.0. The number of allylic oxidation sites excluding steroid dienone is 14. The molecule has 0 N–H and O–H groups in total. The highest BCUT2D eigenvalue weighted by Gasteiger charge is 2.19. The third kappa shape index (κ3) is 51.4. The molecular weight excluding hydrogens is 805 g/mol. The van der Waals surface area contributed by atoms with Crippen LogP contribution < -0.4 is 0 Å². The zero-order valence-electron chi connectivity index (χ0n) is 42.5. The van der Waals surface area contributed by atoms with Gasteiger partial charge in [-0.15, -0.1) is 0 Å². The monoisotopic (exact) mass is 905 g/mol. The van der Waals surface area contributed by atoms with Gasteiger partial charge in [-0.1, -0.05) is 228 Å². The minimum atomic E-state index is -0.822. The molecule has 0 saturated carbocycles. The van der Waals surface area contributed by atoms with Crippen LogP contribution in [0, 0.1) is 0 Å². The summed E-state index contributed by atoms with van der Waals surface area (Å²) in [5, 5.41) is 0. The van der Waals surface area contributed by atoms with E-state index in [1.807, 2.05) is 6.08 Å². The van der Waals surface area contributed by atoms with Crippen molar-refractivity contribution in [1.82, 2.24) is 0 Å². The van der Waals surface area contributed by atoms with Gasteiger partial charge in [0.25, 0.3) is 0 Å². The molecule has 0 radical (unpaired) electrons. The van der Waals surface area contributed by atoms with Gasteiger partial charge in [0.2, 0.25) is 0 Å². The van der Waals surface area contributed by atoms with Crippen LogP contribution in [0.25, 0.3) is 0 Å². The summed E-state index contributed by atoms with van der Waals surface area (Å²) in [4.78, 5) is 38.0. The van der Waals surface area contributed by atoms with Crippen LogP contribution in [0.2, 0.25) is 0 Å². The van der Waals surface area contributed by atoms with Gasteiger partial charge in [0.15, 0.2) is 6.10 Å². The van der Waals surface area contributed by atoms with Crippen LogP contribution >= 0.6 is 0 Å². The Labute approximate surface area is 401 Å². The van der Waals surface area contributed by atoms with Crippen molar-refractivity contribution >= 4 is 17.9 Å². The van der Waals surface area contributed by atoms with Crippen LogP contribution in [-0.2, 0) is 28.6 Å². The third-order valence-corrected chi connectivity index (χ3v) is 11.4. The van der Waals surface area contributed by atoms with Crippen LogP contribution in [0.1, 0.15) is 252 Å². The van der Waals surface area contributed by atoms with Gasteiger partial charge >= 0.3 is 17.9 Å². The van der Waals surface area contributed by atoms with Crippen molar-refractivity contribution in [3.05, 3.63) is 85.1 Å². The molecule has 0 aliphatic heterocycles. The summed E-state index contributed by atoms with van der Waals surface area (Å²) in [6.45, 7) is 6.52. The first-order valence-corrected chi connectivity index (χ1v) is 27.1. The number of carbonyl (C=O) groups excluding carboxylic acids is 3. The fourth-order valence-corrected chi connectivity index (χ4v) is 7.31. The van der Waals surface area contributed by atoms with Gasteiger partial charge < -0.3 is 14.2 Å². The van der Waals surface area contributed by atoms with Crippen molar-refractivity contribution in [2.75, 3.05) is 13.2 Å². The standard InChI is InChI=1S/C59H100O6/c1-4-7-10-13-16-19-22-25-27-29-30-32-34-37-40-43-46-49-52-58(61)64-55-56(54-63-57(60)51-48-45-42-39-36-33-24-21-18-15-12-9-6-3)65-59(62)53-50-47-44-41-38-35-31-28-26-23-20-17-14-11-8-5-2/h22,25,27-33,35-36,38,42,45,56H,4-21,23-24,26,34,37,39-41,43-44,46-55H2,1-3H3/b25-22+,29-27+,31-28+,32-30+,36-33+,38-35+,45-42+. The average molecular weight is 905 g/mol. The molecule has 0 saturated heterocycles. The topological polar surface area (TPSA) is 78.9 Å². The lowest BCUT2D eigenvalue weighted by Crippen LogP contribution is -2.30. The largest absolute Gasteiger partial charge is 0.462 e. The molecule has 6 heteroatoms. The van der Waals surface area contributed by atoms with Crippen LogP contribution in [0.15, 0.2) is 85.1 Å². The molecule has 0 heterocycles. The lowest BCUT2D eigenvalue weighted by atomic mass is 10.1. The Morgan fingerprint density at radius 1 is 0.323 bits per heavy atom. The van der Waals surface area contributed by atoms with Gasteiger partial charge in [0.05, 0.1) is 0 Å². The molecule has 0 aromatic rings. The van der Waals surface area contributed by atoms with E-state index < -0.39 is 6.10 Å². The van der Waals surface area contributed by atoms with E-state index in [9.17, 15) is 14.4 Å². The molecule has 0 amide bonds. The Morgan fingerprint density at radius 2 is 0.646 bits per heavy atom. The lowest BCUT2D eigenvalue weighted by molar-refractivity contribution is -0.166. The van der Waals surface area contributed by atoms with Crippen LogP contribution in [0.3, 0.4) is 0 Å². The minimum Gasteiger partial charge on any atom is -0.462 e. The van der Waals surface area contributed by atoms with Crippen molar-refractivity contribution in [3.8, 4) is 0 Å². The van der Waals surface area contributed by atoms with Gasteiger partial charge in [-0.3, -0.25) is 14.4 Å². The smallest absolute Gasteiger partial charge is 0.306 e. The second-order valence-corrected chi connectivity index (χ2v) is 17.9. The van der Waals surface area contributed by atoms with Gasteiger partial charge in [0.1, 0.15) is 13.2 Å². The van der Waals surface area contributed by atoms with Gasteiger partial charge in [-0.05, 0) is 89.9 Å². The van der Waals surface area contributed by atoms with E-state index >= 15 is 0 Å². The molecule has 0 fully saturated rings. The highest BCUT2D eigenvalue weighted by atomic mass is 16.6. The molecule has 0 spiro atoms. The number of hydrogen-bond donors (Lipinski definition) is 0. The molecule has 0 aliphatic rings. The van der Waals surface area contributed by atoms with Crippen LogP contribution in [0.4, 0.5) is 0 Å². The Hall–Kier alpha value is -3.41. The number of rotatable bonds is 48. The van der Waals surface area contributed by atoms with Crippen molar-refractivity contribution < 1.29 is 28.6 Å². The second-order valence-electron chi connectivity index (χ2n) is 17.9. The number of hydrogen-bond acceptors (Lipinski definition) is 6. The minimum absolute atomic E-state index is 0.115. The molecule has 1 unspecified atom stereocenters. The van der Waals surface area contributed by atoms with Gasteiger partial charge in [-0.2, -0.15) is 0 Å². The third-order valence-electron chi connectivity index (χ3n) is 11.4. The molecule has 0 bridgehead atoms. The maximum absolute atomic E-state index is 12.8.